The maximum absolute atomic E-state index is 12.8. The van der Waals surface area contributed by atoms with Crippen molar-refractivity contribution in [1.82, 2.24) is 5.32 Å². The molecule has 0 aliphatic heterocycles. The molecule has 0 aliphatic rings. The zero-order valence-electron chi connectivity index (χ0n) is 17.1. The molecule has 0 unspecified atom stereocenters. The molecule has 0 atom stereocenters. The molecule has 1 amide bonds. The summed E-state index contributed by atoms with van der Waals surface area (Å²) < 4.78 is 28.2. The van der Waals surface area contributed by atoms with E-state index in [0.717, 1.165) is 11.1 Å². The molecule has 0 aliphatic carbocycles. The van der Waals surface area contributed by atoms with Crippen LogP contribution < -0.4 is 10.0 Å². The second-order valence-corrected chi connectivity index (χ2v) is 9.05. The van der Waals surface area contributed by atoms with Crippen molar-refractivity contribution < 1.29 is 13.2 Å². The molecule has 0 aromatic heterocycles. The van der Waals surface area contributed by atoms with Gasteiger partial charge in [-0.3, -0.25) is 9.52 Å². The summed E-state index contributed by atoms with van der Waals surface area (Å²) in [5.74, 6) is -0.00518. The molecule has 3 rings (SSSR count). The Kier molecular flexibility index (Phi) is 6.90. The van der Waals surface area contributed by atoms with E-state index in [1.807, 2.05) is 30.3 Å². The number of anilines is 1. The SMILES string of the molecule is CC(C)c1ccc(S(=O)(=O)Nc2ccccc2C(=O)NCCc2ccccc2)cc1. The Morgan fingerprint density at radius 2 is 1.50 bits per heavy atom. The van der Waals surface area contributed by atoms with Gasteiger partial charge >= 0.3 is 0 Å². The Morgan fingerprint density at radius 1 is 0.867 bits per heavy atom. The minimum Gasteiger partial charge on any atom is -0.352 e. The molecule has 156 valence electrons. The molecular formula is C24H26N2O3S. The van der Waals surface area contributed by atoms with E-state index in [2.05, 4.69) is 23.9 Å². The van der Waals surface area contributed by atoms with Gasteiger partial charge in [0.1, 0.15) is 0 Å². The molecule has 3 aromatic carbocycles. The topological polar surface area (TPSA) is 75.3 Å². The highest BCUT2D eigenvalue weighted by atomic mass is 32.2. The normalized spacial score (nSPS) is 11.3. The largest absolute Gasteiger partial charge is 0.352 e. The molecule has 30 heavy (non-hydrogen) atoms. The standard InChI is InChI=1S/C24H26N2O3S/c1-18(2)20-12-14-21(15-13-20)30(28,29)26-23-11-7-6-10-22(23)24(27)25-17-16-19-8-4-3-5-9-19/h3-15,18,26H,16-17H2,1-2H3,(H,25,27). The first-order valence-electron chi connectivity index (χ1n) is 9.91. The zero-order chi connectivity index (χ0) is 21.6. The Bertz CT molecular complexity index is 1090. The minimum atomic E-state index is -3.81. The summed E-state index contributed by atoms with van der Waals surface area (Å²) in [6.45, 7) is 4.56. The van der Waals surface area contributed by atoms with Gasteiger partial charge in [0.05, 0.1) is 16.1 Å². The van der Waals surface area contributed by atoms with Gasteiger partial charge in [-0.1, -0.05) is 68.4 Å². The Hall–Kier alpha value is -3.12. The van der Waals surface area contributed by atoms with Crippen LogP contribution in [0.3, 0.4) is 0 Å². The number of hydrogen-bond acceptors (Lipinski definition) is 3. The third-order valence-electron chi connectivity index (χ3n) is 4.82. The molecule has 6 heteroatoms. The van der Waals surface area contributed by atoms with Crippen molar-refractivity contribution >= 4 is 21.6 Å². The first-order valence-corrected chi connectivity index (χ1v) is 11.4. The molecule has 0 saturated carbocycles. The van der Waals surface area contributed by atoms with Gasteiger partial charge in [-0.25, -0.2) is 8.42 Å². The summed E-state index contributed by atoms with van der Waals surface area (Å²) in [6.07, 6.45) is 0.697. The van der Waals surface area contributed by atoms with E-state index in [1.165, 1.54) is 0 Å². The molecule has 0 saturated heterocycles. The van der Waals surface area contributed by atoms with E-state index in [9.17, 15) is 13.2 Å². The Labute approximate surface area is 178 Å². The summed E-state index contributed by atoms with van der Waals surface area (Å²) >= 11 is 0. The molecule has 5 nitrogen and oxygen atoms in total. The van der Waals surface area contributed by atoms with Gasteiger partial charge < -0.3 is 5.32 Å². The summed E-state index contributed by atoms with van der Waals surface area (Å²) in [5.41, 5.74) is 2.72. The van der Waals surface area contributed by atoms with Crippen molar-refractivity contribution in [3.05, 3.63) is 95.6 Å². The van der Waals surface area contributed by atoms with E-state index in [-0.39, 0.29) is 22.1 Å². The van der Waals surface area contributed by atoms with Gasteiger partial charge in [0.25, 0.3) is 15.9 Å². The molecule has 0 heterocycles. The highest BCUT2D eigenvalue weighted by Crippen LogP contribution is 2.22. The quantitative estimate of drug-likeness (QED) is 0.558. The van der Waals surface area contributed by atoms with E-state index < -0.39 is 10.0 Å². The highest BCUT2D eigenvalue weighted by molar-refractivity contribution is 7.92. The van der Waals surface area contributed by atoms with Gasteiger partial charge in [-0.15, -0.1) is 0 Å². The number of rotatable bonds is 8. The van der Waals surface area contributed by atoms with Crippen LogP contribution in [0.4, 0.5) is 5.69 Å². The fraction of sp³-hybridized carbons (Fsp3) is 0.208. The van der Waals surface area contributed by atoms with Crippen molar-refractivity contribution in [1.29, 1.82) is 0 Å². The fourth-order valence-electron chi connectivity index (χ4n) is 3.07. The second-order valence-electron chi connectivity index (χ2n) is 7.37. The lowest BCUT2D eigenvalue weighted by molar-refractivity contribution is 0.0955. The van der Waals surface area contributed by atoms with E-state index in [1.54, 1.807) is 48.5 Å². The predicted molar refractivity (Wildman–Crippen MR) is 120 cm³/mol. The average molecular weight is 423 g/mol. The number of hydrogen-bond donors (Lipinski definition) is 2. The van der Waals surface area contributed by atoms with Crippen LogP contribution in [0.1, 0.15) is 41.3 Å². The smallest absolute Gasteiger partial charge is 0.261 e. The number of amides is 1. The van der Waals surface area contributed by atoms with Gasteiger partial charge in [0.15, 0.2) is 0 Å². The summed E-state index contributed by atoms with van der Waals surface area (Å²) in [6, 6.07) is 23.2. The third kappa shape index (κ3) is 5.48. The molecular weight excluding hydrogens is 396 g/mol. The van der Waals surface area contributed by atoms with Crippen LogP contribution in [0.25, 0.3) is 0 Å². The zero-order valence-corrected chi connectivity index (χ0v) is 17.9. The van der Waals surface area contributed by atoms with E-state index in [4.69, 9.17) is 0 Å². The first kappa shape index (κ1) is 21.6. The van der Waals surface area contributed by atoms with Crippen LogP contribution in [-0.4, -0.2) is 20.9 Å². The number of nitrogens with one attached hydrogen (secondary N) is 2. The summed E-state index contributed by atoms with van der Waals surface area (Å²) in [4.78, 5) is 12.8. The maximum atomic E-state index is 12.8. The second kappa shape index (κ2) is 9.59. The van der Waals surface area contributed by atoms with Crippen LogP contribution in [0, 0.1) is 0 Å². The van der Waals surface area contributed by atoms with E-state index >= 15 is 0 Å². The van der Waals surface area contributed by atoms with Crippen molar-refractivity contribution in [2.24, 2.45) is 0 Å². The van der Waals surface area contributed by atoms with Gasteiger partial charge in [-0.2, -0.15) is 0 Å². The molecule has 0 bridgehead atoms. The van der Waals surface area contributed by atoms with Crippen molar-refractivity contribution in [3.8, 4) is 0 Å². The van der Waals surface area contributed by atoms with Crippen LogP contribution in [0.5, 0.6) is 0 Å². The fourth-order valence-corrected chi connectivity index (χ4v) is 4.15. The average Bonchev–Trinajstić information content (AvgIpc) is 2.74. The number of carbonyl (C=O) groups is 1. The number of carbonyl (C=O) groups excluding carboxylic acids is 1. The molecule has 0 radical (unpaired) electrons. The van der Waals surface area contributed by atoms with Gasteiger partial charge in [0.2, 0.25) is 0 Å². The van der Waals surface area contributed by atoms with Crippen LogP contribution in [0.2, 0.25) is 0 Å². The number of benzene rings is 3. The monoisotopic (exact) mass is 422 g/mol. The molecule has 0 fully saturated rings. The van der Waals surface area contributed by atoms with Crippen LogP contribution in [0.15, 0.2) is 83.8 Å². The summed E-state index contributed by atoms with van der Waals surface area (Å²) in [5, 5.41) is 2.86. The molecule has 3 aromatic rings. The maximum Gasteiger partial charge on any atom is 0.261 e. The summed E-state index contributed by atoms with van der Waals surface area (Å²) in [7, 11) is -3.81. The van der Waals surface area contributed by atoms with Crippen molar-refractivity contribution in [2.45, 2.75) is 31.1 Å². The van der Waals surface area contributed by atoms with E-state index in [0.29, 0.717) is 18.9 Å². The Balaban J connectivity index is 1.71. The molecule has 2 N–H and O–H groups in total. The van der Waals surface area contributed by atoms with Gasteiger partial charge in [-0.05, 0) is 47.7 Å². The van der Waals surface area contributed by atoms with Crippen molar-refractivity contribution in [2.75, 3.05) is 11.3 Å². The first-order chi connectivity index (χ1) is 14.4. The third-order valence-corrected chi connectivity index (χ3v) is 6.20. The van der Waals surface area contributed by atoms with Gasteiger partial charge in [0, 0.05) is 6.54 Å². The van der Waals surface area contributed by atoms with Crippen molar-refractivity contribution in [3.63, 3.8) is 0 Å². The Morgan fingerprint density at radius 3 is 2.17 bits per heavy atom. The van der Waals surface area contributed by atoms with Crippen LogP contribution in [-0.2, 0) is 16.4 Å². The highest BCUT2D eigenvalue weighted by Gasteiger charge is 2.18. The number of sulfonamides is 1. The number of para-hydroxylation sites is 1. The lowest BCUT2D eigenvalue weighted by Gasteiger charge is -2.13. The lowest BCUT2D eigenvalue weighted by atomic mass is 10.0. The predicted octanol–water partition coefficient (Wildman–Crippen LogP) is 4.58. The minimum absolute atomic E-state index is 0.159. The lowest BCUT2D eigenvalue weighted by Crippen LogP contribution is -2.27. The van der Waals surface area contributed by atoms with Crippen LogP contribution >= 0.6 is 0 Å². The molecule has 0 spiro atoms.